The zero-order valence-corrected chi connectivity index (χ0v) is 8.96. The molecule has 1 fully saturated rings. The molecule has 1 aromatic rings. The largest absolute Gasteiger partial charge is 0.490 e. The molecule has 14 heavy (non-hydrogen) atoms. The van der Waals surface area contributed by atoms with E-state index in [4.69, 9.17) is 16.3 Å². The Morgan fingerprint density at radius 1 is 1.14 bits per heavy atom. The van der Waals surface area contributed by atoms with Gasteiger partial charge in [-0.1, -0.05) is 24.1 Å². The van der Waals surface area contributed by atoms with Crippen LogP contribution in [0.15, 0.2) is 24.3 Å². The van der Waals surface area contributed by atoms with Crippen molar-refractivity contribution in [2.45, 2.75) is 38.2 Å². The molecule has 2 heteroatoms. The van der Waals surface area contributed by atoms with Gasteiger partial charge < -0.3 is 4.74 Å². The topological polar surface area (TPSA) is 9.23 Å². The van der Waals surface area contributed by atoms with E-state index in [-0.39, 0.29) is 0 Å². The van der Waals surface area contributed by atoms with Crippen molar-refractivity contribution in [2.24, 2.45) is 0 Å². The molecule has 1 saturated carbocycles. The van der Waals surface area contributed by atoms with Crippen molar-refractivity contribution >= 4 is 11.6 Å². The molecule has 1 aliphatic rings. The van der Waals surface area contributed by atoms with E-state index in [1.54, 1.807) is 0 Å². The number of halogens is 1. The Morgan fingerprint density at radius 3 is 2.64 bits per heavy atom. The van der Waals surface area contributed by atoms with Gasteiger partial charge in [0.25, 0.3) is 0 Å². The maximum atomic E-state index is 5.88. The van der Waals surface area contributed by atoms with Crippen molar-refractivity contribution in [1.29, 1.82) is 0 Å². The maximum absolute atomic E-state index is 5.88. The minimum Gasteiger partial charge on any atom is -0.490 e. The monoisotopic (exact) mass is 210 g/mol. The Hall–Kier alpha value is -0.690. The minimum atomic E-state index is 0.405. The predicted octanol–water partition coefficient (Wildman–Crippen LogP) is 4.05. The highest BCUT2D eigenvalue weighted by Crippen LogP contribution is 2.24. The molecule has 1 aliphatic carbocycles. The van der Waals surface area contributed by atoms with Crippen molar-refractivity contribution in [1.82, 2.24) is 0 Å². The van der Waals surface area contributed by atoms with Crippen molar-refractivity contribution in [3.05, 3.63) is 29.3 Å². The van der Waals surface area contributed by atoms with Crippen LogP contribution in [0.1, 0.15) is 32.1 Å². The third-order valence-electron chi connectivity index (χ3n) is 2.65. The molecule has 0 N–H and O–H groups in total. The molecule has 0 atom stereocenters. The van der Waals surface area contributed by atoms with Crippen LogP contribution >= 0.6 is 11.6 Å². The summed E-state index contributed by atoms with van der Waals surface area (Å²) in [5, 5.41) is 0.748. The van der Waals surface area contributed by atoms with Crippen LogP contribution in [0.4, 0.5) is 0 Å². The first-order chi connectivity index (χ1) is 6.84. The first-order valence-electron chi connectivity index (χ1n) is 5.27. The Bertz CT molecular complexity index is 292. The van der Waals surface area contributed by atoms with E-state index in [9.17, 15) is 0 Å². The zero-order valence-electron chi connectivity index (χ0n) is 8.21. The zero-order chi connectivity index (χ0) is 9.80. The summed E-state index contributed by atoms with van der Waals surface area (Å²) in [5.41, 5.74) is 0. The Kier molecular flexibility index (Phi) is 3.30. The molecule has 1 aromatic carbocycles. The van der Waals surface area contributed by atoms with Crippen LogP contribution in [0, 0.1) is 0 Å². The van der Waals surface area contributed by atoms with Crippen molar-refractivity contribution in [3.8, 4) is 5.75 Å². The van der Waals surface area contributed by atoms with Crippen LogP contribution in [-0.4, -0.2) is 6.10 Å². The SMILES string of the molecule is Clc1cccc(OC2CCCCC2)c1. The maximum Gasteiger partial charge on any atom is 0.121 e. The highest BCUT2D eigenvalue weighted by Gasteiger charge is 2.14. The smallest absolute Gasteiger partial charge is 0.121 e. The summed E-state index contributed by atoms with van der Waals surface area (Å²) in [6.45, 7) is 0. The summed E-state index contributed by atoms with van der Waals surface area (Å²) in [7, 11) is 0. The lowest BCUT2D eigenvalue weighted by Crippen LogP contribution is -2.19. The highest BCUT2D eigenvalue weighted by molar-refractivity contribution is 6.30. The summed E-state index contributed by atoms with van der Waals surface area (Å²) in [4.78, 5) is 0. The fourth-order valence-corrected chi connectivity index (χ4v) is 2.10. The lowest BCUT2D eigenvalue weighted by molar-refractivity contribution is 0.155. The second-order valence-electron chi connectivity index (χ2n) is 3.84. The summed E-state index contributed by atoms with van der Waals surface area (Å²) in [5.74, 6) is 0.907. The third-order valence-corrected chi connectivity index (χ3v) is 2.89. The summed E-state index contributed by atoms with van der Waals surface area (Å²) in [6, 6.07) is 7.66. The van der Waals surface area contributed by atoms with E-state index < -0.39 is 0 Å². The quantitative estimate of drug-likeness (QED) is 0.716. The summed E-state index contributed by atoms with van der Waals surface area (Å²) < 4.78 is 5.85. The van der Waals surface area contributed by atoms with Gasteiger partial charge in [-0.15, -0.1) is 0 Å². The van der Waals surface area contributed by atoms with Crippen LogP contribution in [0.3, 0.4) is 0 Å². The molecule has 0 saturated heterocycles. The molecular formula is C12H15ClO. The molecule has 0 heterocycles. The Morgan fingerprint density at radius 2 is 1.93 bits per heavy atom. The molecule has 0 amide bonds. The molecule has 76 valence electrons. The fraction of sp³-hybridized carbons (Fsp3) is 0.500. The van der Waals surface area contributed by atoms with Gasteiger partial charge in [-0.3, -0.25) is 0 Å². The normalized spacial score (nSPS) is 18.1. The molecule has 1 nitrogen and oxygen atoms in total. The molecule has 2 rings (SSSR count). The van der Waals surface area contributed by atoms with Crippen LogP contribution in [0.25, 0.3) is 0 Å². The Labute approximate surface area is 90.0 Å². The average Bonchev–Trinajstić information content (AvgIpc) is 2.19. The van der Waals surface area contributed by atoms with E-state index in [1.807, 2.05) is 24.3 Å². The number of ether oxygens (including phenoxy) is 1. The highest BCUT2D eigenvalue weighted by atomic mass is 35.5. The first-order valence-corrected chi connectivity index (χ1v) is 5.64. The minimum absolute atomic E-state index is 0.405. The lowest BCUT2D eigenvalue weighted by Gasteiger charge is -2.22. The van der Waals surface area contributed by atoms with E-state index in [1.165, 1.54) is 32.1 Å². The molecule has 0 aromatic heterocycles. The van der Waals surface area contributed by atoms with Gasteiger partial charge in [0.05, 0.1) is 6.10 Å². The molecule has 0 unspecified atom stereocenters. The molecular weight excluding hydrogens is 196 g/mol. The van der Waals surface area contributed by atoms with Crippen molar-refractivity contribution in [2.75, 3.05) is 0 Å². The number of hydrogen-bond donors (Lipinski definition) is 0. The fourth-order valence-electron chi connectivity index (χ4n) is 1.92. The second-order valence-corrected chi connectivity index (χ2v) is 4.27. The van der Waals surface area contributed by atoms with Gasteiger partial charge in [0.2, 0.25) is 0 Å². The second kappa shape index (κ2) is 4.70. The van der Waals surface area contributed by atoms with Crippen molar-refractivity contribution < 1.29 is 4.74 Å². The number of hydrogen-bond acceptors (Lipinski definition) is 1. The average molecular weight is 211 g/mol. The molecule has 0 radical (unpaired) electrons. The van der Waals surface area contributed by atoms with E-state index in [2.05, 4.69) is 0 Å². The van der Waals surface area contributed by atoms with Gasteiger partial charge in [0.1, 0.15) is 5.75 Å². The van der Waals surface area contributed by atoms with Gasteiger partial charge in [0.15, 0.2) is 0 Å². The summed E-state index contributed by atoms with van der Waals surface area (Å²) in [6.07, 6.45) is 6.73. The molecule has 0 aliphatic heterocycles. The summed E-state index contributed by atoms with van der Waals surface area (Å²) >= 11 is 5.88. The third kappa shape index (κ3) is 2.65. The van der Waals surface area contributed by atoms with Crippen LogP contribution in [0.2, 0.25) is 5.02 Å². The van der Waals surface area contributed by atoms with E-state index in [0.29, 0.717) is 6.10 Å². The van der Waals surface area contributed by atoms with Gasteiger partial charge in [-0.25, -0.2) is 0 Å². The molecule has 0 bridgehead atoms. The van der Waals surface area contributed by atoms with E-state index >= 15 is 0 Å². The van der Waals surface area contributed by atoms with Gasteiger partial charge in [-0.05, 0) is 43.9 Å². The van der Waals surface area contributed by atoms with Gasteiger partial charge in [-0.2, -0.15) is 0 Å². The van der Waals surface area contributed by atoms with Crippen molar-refractivity contribution in [3.63, 3.8) is 0 Å². The first kappa shape index (κ1) is 9.85. The van der Waals surface area contributed by atoms with Gasteiger partial charge >= 0.3 is 0 Å². The van der Waals surface area contributed by atoms with Crippen LogP contribution in [-0.2, 0) is 0 Å². The Balaban J connectivity index is 1.95. The number of rotatable bonds is 2. The van der Waals surface area contributed by atoms with Gasteiger partial charge in [0, 0.05) is 5.02 Å². The van der Waals surface area contributed by atoms with Crippen LogP contribution < -0.4 is 4.74 Å². The van der Waals surface area contributed by atoms with E-state index in [0.717, 1.165) is 10.8 Å². The predicted molar refractivity (Wildman–Crippen MR) is 59.0 cm³/mol. The standard InChI is InChI=1S/C12H15ClO/c13-10-5-4-8-12(9-10)14-11-6-2-1-3-7-11/h4-5,8-9,11H,1-3,6-7H2. The lowest BCUT2D eigenvalue weighted by atomic mass is 9.98. The molecule has 0 spiro atoms. The van der Waals surface area contributed by atoms with Crippen LogP contribution in [0.5, 0.6) is 5.75 Å². The number of benzene rings is 1.